The zero-order valence-electron chi connectivity index (χ0n) is 9.40. The smallest absolute Gasteiger partial charge is 0.121 e. The van der Waals surface area contributed by atoms with Gasteiger partial charge >= 0.3 is 0 Å². The fourth-order valence-corrected chi connectivity index (χ4v) is 1.67. The highest BCUT2D eigenvalue weighted by Crippen LogP contribution is 2.21. The summed E-state index contributed by atoms with van der Waals surface area (Å²) in [5.41, 5.74) is 2.11. The highest BCUT2D eigenvalue weighted by molar-refractivity contribution is 9.09. The first kappa shape index (κ1) is 12.0. The van der Waals surface area contributed by atoms with E-state index in [4.69, 9.17) is 4.74 Å². The van der Waals surface area contributed by atoms with Gasteiger partial charge in [0.15, 0.2) is 0 Å². The number of hydrogen-bond donors (Lipinski definition) is 1. The monoisotopic (exact) mass is 291 g/mol. The summed E-state index contributed by atoms with van der Waals surface area (Å²) in [5.74, 6) is 0.880. The van der Waals surface area contributed by atoms with E-state index in [-0.39, 0.29) is 0 Å². The number of alkyl halides is 1. The summed E-state index contributed by atoms with van der Waals surface area (Å²) in [6.45, 7) is 0.675. The van der Waals surface area contributed by atoms with Gasteiger partial charge in [0.25, 0.3) is 0 Å². The summed E-state index contributed by atoms with van der Waals surface area (Å²) in [4.78, 5) is 0. The van der Waals surface area contributed by atoms with Gasteiger partial charge in [-0.25, -0.2) is 0 Å². The summed E-state index contributed by atoms with van der Waals surface area (Å²) >= 11 is 3.34. The van der Waals surface area contributed by atoms with Crippen LogP contribution in [0.15, 0.2) is 54.6 Å². The Morgan fingerprint density at radius 3 is 2.47 bits per heavy atom. The van der Waals surface area contributed by atoms with Crippen molar-refractivity contribution < 1.29 is 4.74 Å². The van der Waals surface area contributed by atoms with Gasteiger partial charge in [-0.3, -0.25) is 0 Å². The number of halogens is 1. The number of para-hydroxylation sites is 1. The van der Waals surface area contributed by atoms with Crippen molar-refractivity contribution >= 4 is 27.3 Å². The predicted molar refractivity (Wildman–Crippen MR) is 75.5 cm³/mol. The number of hydrogen-bond acceptors (Lipinski definition) is 2. The van der Waals surface area contributed by atoms with Crippen LogP contribution in [0.4, 0.5) is 11.4 Å². The van der Waals surface area contributed by atoms with E-state index in [1.165, 1.54) is 0 Å². The zero-order chi connectivity index (χ0) is 11.9. The van der Waals surface area contributed by atoms with Gasteiger partial charge in [0.2, 0.25) is 0 Å². The minimum atomic E-state index is 0.675. The Labute approximate surface area is 110 Å². The van der Waals surface area contributed by atoms with Gasteiger partial charge in [-0.1, -0.05) is 40.2 Å². The predicted octanol–water partition coefficient (Wildman–Crippen LogP) is 4.20. The van der Waals surface area contributed by atoms with Crippen LogP contribution in [-0.2, 0) is 0 Å². The molecule has 0 spiro atoms. The molecule has 0 radical (unpaired) electrons. The maximum Gasteiger partial charge on any atom is 0.121 e. The lowest BCUT2D eigenvalue weighted by atomic mass is 10.2. The van der Waals surface area contributed by atoms with Crippen molar-refractivity contribution in [3.05, 3.63) is 54.6 Å². The Morgan fingerprint density at radius 2 is 1.71 bits per heavy atom. The lowest BCUT2D eigenvalue weighted by Crippen LogP contribution is -1.98. The van der Waals surface area contributed by atoms with E-state index in [1.54, 1.807) is 0 Å². The van der Waals surface area contributed by atoms with Crippen molar-refractivity contribution in [1.29, 1.82) is 0 Å². The molecule has 0 atom stereocenters. The highest BCUT2D eigenvalue weighted by Gasteiger charge is 1.97. The summed E-state index contributed by atoms with van der Waals surface area (Å²) in [7, 11) is 0. The standard InChI is InChI=1S/C14H14BrNO/c15-9-10-17-14-8-4-7-13(11-14)16-12-5-2-1-3-6-12/h1-8,11,16H,9-10H2. The molecule has 2 aromatic rings. The van der Waals surface area contributed by atoms with Crippen molar-refractivity contribution in [2.45, 2.75) is 0 Å². The average Bonchev–Trinajstić information content (AvgIpc) is 2.38. The van der Waals surface area contributed by atoms with E-state index in [0.717, 1.165) is 22.5 Å². The maximum absolute atomic E-state index is 5.55. The Hall–Kier alpha value is -1.48. The molecule has 0 saturated heterocycles. The first-order valence-electron chi connectivity index (χ1n) is 5.49. The van der Waals surface area contributed by atoms with Gasteiger partial charge in [-0.2, -0.15) is 0 Å². The van der Waals surface area contributed by atoms with Crippen LogP contribution in [0.2, 0.25) is 0 Å². The third-order valence-electron chi connectivity index (χ3n) is 2.24. The van der Waals surface area contributed by atoms with Crippen molar-refractivity contribution in [3.63, 3.8) is 0 Å². The molecular formula is C14H14BrNO. The maximum atomic E-state index is 5.55. The van der Waals surface area contributed by atoms with Gasteiger partial charge in [0.05, 0.1) is 6.61 Å². The van der Waals surface area contributed by atoms with Crippen LogP contribution in [-0.4, -0.2) is 11.9 Å². The molecule has 0 saturated carbocycles. The van der Waals surface area contributed by atoms with E-state index >= 15 is 0 Å². The molecule has 17 heavy (non-hydrogen) atoms. The molecule has 0 bridgehead atoms. The molecule has 3 heteroatoms. The molecule has 0 aliphatic rings. The fourth-order valence-electron chi connectivity index (χ4n) is 1.51. The highest BCUT2D eigenvalue weighted by atomic mass is 79.9. The molecule has 0 aromatic heterocycles. The van der Waals surface area contributed by atoms with Crippen LogP contribution in [0.1, 0.15) is 0 Å². The second kappa shape index (κ2) is 6.30. The van der Waals surface area contributed by atoms with Crippen LogP contribution in [0.5, 0.6) is 5.75 Å². The van der Waals surface area contributed by atoms with E-state index in [0.29, 0.717) is 6.61 Å². The van der Waals surface area contributed by atoms with Crippen LogP contribution in [0.25, 0.3) is 0 Å². The van der Waals surface area contributed by atoms with E-state index in [2.05, 4.69) is 21.2 Å². The molecular weight excluding hydrogens is 278 g/mol. The lowest BCUT2D eigenvalue weighted by Gasteiger charge is -2.09. The van der Waals surface area contributed by atoms with Crippen molar-refractivity contribution in [2.24, 2.45) is 0 Å². The molecule has 0 aliphatic heterocycles. The summed E-state index contributed by atoms with van der Waals surface area (Å²) in [5, 5.41) is 4.17. The molecule has 2 nitrogen and oxygen atoms in total. The Balaban J connectivity index is 2.06. The van der Waals surface area contributed by atoms with Gasteiger partial charge in [-0.05, 0) is 24.3 Å². The zero-order valence-corrected chi connectivity index (χ0v) is 11.0. The van der Waals surface area contributed by atoms with Crippen LogP contribution in [0.3, 0.4) is 0 Å². The summed E-state index contributed by atoms with van der Waals surface area (Å²) in [6.07, 6.45) is 0. The van der Waals surface area contributed by atoms with E-state index < -0.39 is 0 Å². The second-order valence-electron chi connectivity index (χ2n) is 3.56. The van der Waals surface area contributed by atoms with Gasteiger partial charge in [0.1, 0.15) is 5.75 Å². The normalized spacial score (nSPS) is 9.94. The summed E-state index contributed by atoms with van der Waals surface area (Å²) < 4.78 is 5.55. The molecule has 0 fully saturated rings. The van der Waals surface area contributed by atoms with Crippen molar-refractivity contribution in [1.82, 2.24) is 0 Å². The molecule has 1 N–H and O–H groups in total. The fraction of sp³-hybridized carbons (Fsp3) is 0.143. The van der Waals surface area contributed by atoms with Gasteiger partial charge < -0.3 is 10.1 Å². The van der Waals surface area contributed by atoms with Crippen LogP contribution in [0, 0.1) is 0 Å². The molecule has 0 heterocycles. The molecule has 0 unspecified atom stereocenters. The van der Waals surface area contributed by atoms with Gasteiger partial charge in [-0.15, -0.1) is 0 Å². The Morgan fingerprint density at radius 1 is 0.941 bits per heavy atom. The summed E-state index contributed by atoms with van der Waals surface area (Å²) in [6, 6.07) is 18.0. The second-order valence-corrected chi connectivity index (χ2v) is 4.35. The van der Waals surface area contributed by atoms with E-state index in [1.807, 2.05) is 54.6 Å². The van der Waals surface area contributed by atoms with E-state index in [9.17, 15) is 0 Å². The molecule has 0 amide bonds. The quantitative estimate of drug-likeness (QED) is 0.834. The number of nitrogens with one attached hydrogen (secondary N) is 1. The topological polar surface area (TPSA) is 21.3 Å². The molecule has 0 aliphatic carbocycles. The lowest BCUT2D eigenvalue weighted by molar-refractivity contribution is 0.345. The van der Waals surface area contributed by atoms with Crippen molar-refractivity contribution in [3.8, 4) is 5.75 Å². The first-order chi connectivity index (χ1) is 8.38. The van der Waals surface area contributed by atoms with Crippen LogP contribution >= 0.6 is 15.9 Å². The third-order valence-corrected chi connectivity index (χ3v) is 2.57. The Kier molecular flexibility index (Phi) is 4.45. The first-order valence-corrected chi connectivity index (χ1v) is 6.61. The minimum absolute atomic E-state index is 0.675. The average molecular weight is 292 g/mol. The number of rotatable bonds is 5. The number of ether oxygens (including phenoxy) is 1. The Bertz CT molecular complexity index is 459. The number of benzene rings is 2. The molecule has 2 rings (SSSR count). The SMILES string of the molecule is BrCCOc1cccc(Nc2ccccc2)c1. The molecule has 88 valence electrons. The minimum Gasteiger partial charge on any atom is -0.493 e. The number of anilines is 2. The molecule has 2 aromatic carbocycles. The van der Waals surface area contributed by atoms with Crippen molar-refractivity contribution in [2.75, 3.05) is 17.3 Å². The van der Waals surface area contributed by atoms with Gasteiger partial charge in [0, 0.05) is 22.8 Å². The van der Waals surface area contributed by atoms with Crippen LogP contribution < -0.4 is 10.1 Å². The largest absolute Gasteiger partial charge is 0.493 e. The third kappa shape index (κ3) is 3.79.